The third-order valence-corrected chi connectivity index (χ3v) is 6.61. The van der Waals surface area contributed by atoms with Gasteiger partial charge < -0.3 is 9.90 Å². The van der Waals surface area contributed by atoms with E-state index in [1.54, 1.807) is 18.2 Å². The van der Waals surface area contributed by atoms with Crippen molar-refractivity contribution in [2.24, 2.45) is 0 Å². The van der Waals surface area contributed by atoms with Gasteiger partial charge in [0.25, 0.3) is 5.91 Å². The van der Waals surface area contributed by atoms with E-state index in [4.69, 9.17) is 0 Å². The number of aliphatic carboxylic acids is 1. The number of carbonyl (C=O) groups excluding carboxylic acids is 2. The lowest BCUT2D eigenvalue weighted by Crippen LogP contribution is -2.64. The Morgan fingerprint density at radius 1 is 1.39 bits per heavy atom. The average Bonchev–Trinajstić information content (AvgIpc) is 2.51. The molecule has 1 fully saturated rings. The molecule has 1 aromatic rings. The third-order valence-electron chi connectivity index (χ3n) is 4.18. The molecule has 23 heavy (non-hydrogen) atoms. The molecule has 1 amide bonds. The van der Waals surface area contributed by atoms with Gasteiger partial charge in [-0.15, -0.1) is 0 Å². The molecule has 3 rings (SSSR count). The van der Waals surface area contributed by atoms with Gasteiger partial charge in [0.1, 0.15) is 0 Å². The van der Waals surface area contributed by atoms with Crippen molar-refractivity contribution < 1.29 is 23.1 Å². The molecule has 0 N–H and O–H groups in total. The molecule has 8 heteroatoms. The highest BCUT2D eigenvalue weighted by Crippen LogP contribution is 2.43. The lowest BCUT2D eigenvalue weighted by atomic mass is 10.00. The van der Waals surface area contributed by atoms with Gasteiger partial charge in [-0.2, -0.15) is 0 Å². The van der Waals surface area contributed by atoms with Crippen molar-refractivity contribution in [3.05, 3.63) is 46.9 Å². The molecule has 2 atom stereocenters. The van der Waals surface area contributed by atoms with E-state index in [2.05, 4.69) is 4.98 Å². The summed E-state index contributed by atoms with van der Waals surface area (Å²) in [6.07, 6.45) is 2.89. The number of rotatable bonds is 2. The van der Waals surface area contributed by atoms with E-state index in [0.717, 1.165) is 4.90 Å². The van der Waals surface area contributed by atoms with Crippen LogP contribution in [0.4, 0.5) is 0 Å². The Bertz CT molecular complexity index is 870. The van der Waals surface area contributed by atoms with Gasteiger partial charge in [0.05, 0.1) is 28.2 Å². The molecule has 0 aliphatic carbocycles. The maximum Gasteiger partial charge on any atom is 0.258 e. The van der Waals surface area contributed by atoms with Crippen LogP contribution in [0.5, 0.6) is 0 Å². The van der Waals surface area contributed by atoms with Crippen molar-refractivity contribution >= 4 is 27.8 Å². The number of carboxylic acid groups (broad SMARTS) is 1. The minimum Gasteiger partial charge on any atom is -0.543 e. The number of pyridine rings is 1. The van der Waals surface area contributed by atoms with Crippen LogP contribution in [-0.2, 0) is 19.4 Å². The lowest BCUT2D eigenvalue weighted by Gasteiger charge is -2.48. The fraction of sp³-hybridized carbons (Fsp3) is 0.267. The van der Waals surface area contributed by atoms with Crippen LogP contribution in [0.2, 0.25) is 0 Å². The summed E-state index contributed by atoms with van der Waals surface area (Å²) in [5.74, 6) is -2.21. The van der Waals surface area contributed by atoms with Crippen molar-refractivity contribution in [1.29, 1.82) is 0 Å². The first-order chi connectivity index (χ1) is 10.8. The van der Waals surface area contributed by atoms with Crippen molar-refractivity contribution in [1.82, 2.24) is 9.88 Å². The summed E-state index contributed by atoms with van der Waals surface area (Å²) in [6, 6.07) is 5.02. The summed E-state index contributed by atoms with van der Waals surface area (Å²) in [4.78, 5) is 28.4. The number of nitrogens with zero attached hydrogens (tertiary/aromatic N) is 2. The zero-order valence-electron chi connectivity index (χ0n) is 12.4. The van der Waals surface area contributed by atoms with Gasteiger partial charge in [0.2, 0.25) is 0 Å². The molecule has 2 aliphatic rings. The fourth-order valence-corrected chi connectivity index (χ4v) is 4.81. The highest BCUT2D eigenvalue weighted by atomic mass is 32.2. The Labute approximate surface area is 132 Å². The number of fused-ring (bicyclic) bond motifs is 1. The first-order valence-corrected chi connectivity index (χ1v) is 8.48. The maximum absolute atomic E-state index is 12.6. The van der Waals surface area contributed by atoms with Crippen molar-refractivity contribution in [2.45, 2.75) is 24.5 Å². The highest BCUT2D eigenvalue weighted by Gasteiger charge is 2.57. The van der Waals surface area contributed by atoms with Gasteiger partial charge in [-0.05, 0) is 37.6 Å². The molecule has 1 unspecified atom stereocenters. The van der Waals surface area contributed by atoms with E-state index in [1.807, 2.05) is 0 Å². The summed E-state index contributed by atoms with van der Waals surface area (Å²) in [7, 11) is -3.76. The van der Waals surface area contributed by atoms with Gasteiger partial charge >= 0.3 is 0 Å². The molecule has 2 aliphatic heterocycles. The molecule has 3 heterocycles. The van der Waals surface area contributed by atoms with Crippen LogP contribution in [-0.4, -0.2) is 40.8 Å². The van der Waals surface area contributed by atoms with Gasteiger partial charge in [-0.25, -0.2) is 8.42 Å². The second-order valence-electron chi connectivity index (χ2n) is 5.43. The summed E-state index contributed by atoms with van der Waals surface area (Å²) >= 11 is 0. The summed E-state index contributed by atoms with van der Waals surface area (Å²) in [6.45, 7) is 2.80. The topological polar surface area (TPSA) is 107 Å². The SMILES string of the molecule is CC1=C(C(=O)[O-])N2C(=O)/C(=C/c3ccccn3)[C@H]2S(=O)(=O)C1C. The van der Waals surface area contributed by atoms with E-state index in [0.29, 0.717) is 5.69 Å². The minimum absolute atomic E-state index is 0.0156. The zero-order valence-corrected chi connectivity index (χ0v) is 13.2. The molecule has 7 nitrogen and oxygen atoms in total. The minimum atomic E-state index is -3.76. The van der Waals surface area contributed by atoms with Gasteiger partial charge in [-0.3, -0.25) is 14.7 Å². The van der Waals surface area contributed by atoms with Crippen LogP contribution in [0, 0.1) is 0 Å². The van der Waals surface area contributed by atoms with E-state index in [1.165, 1.54) is 26.1 Å². The molecule has 0 aromatic carbocycles. The molecule has 1 aromatic heterocycles. The Morgan fingerprint density at radius 2 is 2.09 bits per heavy atom. The number of hydrogen-bond acceptors (Lipinski definition) is 6. The summed E-state index contributed by atoms with van der Waals surface area (Å²) in [5, 5.41) is 9.03. The number of carbonyl (C=O) groups is 2. The summed E-state index contributed by atoms with van der Waals surface area (Å²) < 4.78 is 25.2. The van der Waals surface area contributed by atoms with Crippen LogP contribution in [0.15, 0.2) is 41.2 Å². The molecule has 0 bridgehead atoms. The predicted molar refractivity (Wildman–Crippen MR) is 78.9 cm³/mol. The maximum atomic E-state index is 12.6. The number of β-lactam (4-membered cyclic amide) rings is 1. The molecule has 1 saturated heterocycles. The smallest absolute Gasteiger partial charge is 0.258 e. The second kappa shape index (κ2) is 5.02. The quantitative estimate of drug-likeness (QED) is 0.532. The molecule has 120 valence electrons. The molecular formula is C15H13N2O5S-. The first-order valence-electron chi connectivity index (χ1n) is 6.88. The van der Waals surface area contributed by atoms with Crippen LogP contribution in [0.1, 0.15) is 19.5 Å². The Morgan fingerprint density at radius 3 is 2.65 bits per heavy atom. The lowest BCUT2D eigenvalue weighted by molar-refractivity contribution is -0.301. The van der Waals surface area contributed by atoms with E-state index >= 15 is 0 Å². The van der Waals surface area contributed by atoms with Crippen molar-refractivity contribution in [3.63, 3.8) is 0 Å². The zero-order chi connectivity index (χ0) is 16.9. The van der Waals surface area contributed by atoms with Gasteiger partial charge in [-0.1, -0.05) is 6.07 Å². The van der Waals surface area contributed by atoms with Gasteiger partial charge in [0, 0.05) is 6.20 Å². The van der Waals surface area contributed by atoms with Gasteiger partial charge in [0.15, 0.2) is 15.2 Å². The normalized spacial score (nSPS) is 27.7. The number of hydrogen-bond donors (Lipinski definition) is 0. The van der Waals surface area contributed by atoms with E-state index in [-0.39, 0.29) is 16.8 Å². The predicted octanol–water partition coefficient (Wildman–Crippen LogP) is -0.526. The molecular weight excluding hydrogens is 320 g/mol. The fourth-order valence-electron chi connectivity index (χ4n) is 2.80. The van der Waals surface area contributed by atoms with Crippen LogP contribution in [0.25, 0.3) is 6.08 Å². The first kappa shape index (κ1) is 15.4. The Kier molecular flexibility index (Phi) is 3.36. The van der Waals surface area contributed by atoms with E-state index in [9.17, 15) is 23.1 Å². The molecule has 0 spiro atoms. The number of sulfone groups is 1. The number of amides is 1. The summed E-state index contributed by atoms with van der Waals surface area (Å²) in [5.41, 5.74) is 0.188. The number of aromatic nitrogens is 1. The highest BCUT2D eigenvalue weighted by molar-refractivity contribution is 7.93. The van der Waals surface area contributed by atoms with Crippen molar-refractivity contribution in [2.75, 3.05) is 0 Å². The van der Waals surface area contributed by atoms with E-state index < -0.39 is 32.3 Å². The number of carboxylic acids is 1. The largest absolute Gasteiger partial charge is 0.543 e. The Balaban J connectivity index is 2.15. The van der Waals surface area contributed by atoms with Crippen LogP contribution in [0.3, 0.4) is 0 Å². The monoisotopic (exact) mass is 333 g/mol. The standard InChI is InChI=1S/C15H14N2O5S/c1-8-9(2)23(21,22)14-11(7-10-5-3-4-6-16-10)13(18)17(14)12(8)15(19)20/h3-7,9,14H,1-2H3,(H,19,20)/p-1/b11-7-/t9?,14-/m1/s1. The third kappa shape index (κ3) is 2.09. The van der Waals surface area contributed by atoms with Crippen molar-refractivity contribution in [3.8, 4) is 0 Å². The Hall–Kier alpha value is -2.48. The van der Waals surface area contributed by atoms with Crippen LogP contribution >= 0.6 is 0 Å². The average molecular weight is 333 g/mol. The second-order valence-corrected chi connectivity index (χ2v) is 7.76. The van der Waals surface area contributed by atoms with Crippen LogP contribution < -0.4 is 5.11 Å². The molecule has 0 saturated carbocycles. The molecule has 0 radical (unpaired) electrons.